The minimum Gasteiger partial charge on any atom is -0.390 e. The van der Waals surface area contributed by atoms with Gasteiger partial charge in [0.1, 0.15) is 5.78 Å². The zero-order valence-electron chi connectivity index (χ0n) is 16.4. The number of rotatable bonds is 9. The lowest BCUT2D eigenvalue weighted by molar-refractivity contribution is -0.139. The van der Waals surface area contributed by atoms with Crippen LogP contribution in [0.3, 0.4) is 0 Å². The fourth-order valence-corrected chi connectivity index (χ4v) is 2.18. The molecule has 5 heteroatoms. The maximum atomic E-state index is 12.7. The highest BCUT2D eigenvalue weighted by Gasteiger charge is 2.44. The second-order valence-electron chi connectivity index (χ2n) is 8.40. The summed E-state index contributed by atoms with van der Waals surface area (Å²) in [5.41, 5.74) is -1.19. The molecule has 0 aliphatic rings. The van der Waals surface area contributed by atoms with Crippen LogP contribution in [0.2, 0.25) is 0 Å². The topological polar surface area (TPSA) is 69.6 Å². The minimum absolute atomic E-state index is 0.0334. The second kappa shape index (κ2) is 8.25. The van der Waals surface area contributed by atoms with E-state index in [0.717, 1.165) is 0 Å². The van der Waals surface area contributed by atoms with E-state index in [0.29, 0.717) is 13.0 Å². The first kappa shape index (κ1) is 22.1. The summed E-state index contributed by atoms with van der Waals surface area (Å²) < 4.78 is 0. The number of carbonyl (C=O) groups excluding carboxylic acids is 2. The van der Waals surface area contributed by atoms with Gasteiger partial charge < -0.3 is 15.3 Å². The Hall–Kier alpha value is -0.940. The summed E-state index contributed by atoms with van der Waals surface area (Å²) >= 11 is 0. The third-order valence-electron chi connectivity index (χ3n) is 5.01. The third-order valence-corrected chi connectivity index (χ3v) is 5.01. The average Bonchev–Trinajstić information content (AvgIpc) is 2.36. The van der Waals surface area contributed by atoms with Crippen molar-refractivity contribution in [2.45, 2.75) is 67.0 Å². The van der Waals surface area contributed by atoms with E-state index < -0.39 is 16.9 Å². The first-order valence-electron chi connectivity index (χ1n) is 8.39. The number of aliphatic hydroxyl groups excluding tert-OH is 1. The van der Waals surface area contributed by atoms with Crippen molar-refractivity contribution >= 4 is 11.7 Å². The van der Waals surface area contributed by atoms with Crippen molar-refractivity contribution in [1.29, 1.82) is 0 Å². The van der Waals surface area contributed by atoms with Gasteiger partial charge in [0.2, 0.25) is 5.91 Å². The largest absolute Gasteiger partial charge is 0.390 e. The molecule has 0 rings (SSSR count). The predicted molar refractivity (Wildman–Crippen MR) is 94.2 cm³/mol. The quantitative estimate of drug-likeness (QED) is 0.680. The number of nitrogens with zero attached hydrogens (tertiary/aromatic N) is 1. The molecule has 0 aromatic carbocycles. The van der Waals surface area contributed by atoms with Gasteiger partial charge in [-0.2, -0.15) is 0 Å². The monoisotopic (exact) mass is 328 g/mol. The van der Waals surface area contributed by atoms with E-state index >= 15 is 0 Å². The number of hydrogen-bond donors (Lipinski definition) is 2. The standard InChI is InChI=1S/C18H36N2O3/c1-12(2)14(21)10-17(4,5)18(6,7)16(23)19-13(3)15(22)11-20(8)9/h12-13,15,22H,10-11H2,1-9H3,(H,19,23). The second-order valence-corrected chi connectivity index (χ2v) is 8.40. The normalized spacial score (nSPS) is 15.7. The first-order chi connectivity index (χ1) is 10.2. The summed E-state index contributed by atoms with van der Waals surface area (Å²) in [6, 6.07) is -0.347. The minimum atomic E-state index is -0.719. The van der Waals surface area contributed by atoms with Crippen LogP contribution in [-0.2, 0) is 9.59 Å². The molecule has 2 N–H and O–H groups in total. The Bertz CT molecular complexity index is 414. The highest BCUT2D eigenvalue weighted by molar-refractivity contribution is 5.86. The molecule has 0 saturated heterocycles. The van der Waals surface area contributed by atoms with Gasteiger partial charge in [0.05, 0.1) is 12.1 Å². The van der Waals surface area contributed by atoms with Gasteiger partial charge in [-0.3, -0.25) is 9.59 Å². The van der Waals surface area contributed by atoms with Gasteiger partial charge in [-0.05, 0) is 26.4 Å². The first-order valence-corrected chi connectivity index (χ1v) is 8.39. The number of nitrogens with one attached hydrogen (secondary N) is 1. The molecule has 2 atom stereocenters. The summed E-state index contributed by atoms with van der Waals surface area (Å²) in [7, 11) is 3.75. The van der Waals surface area contributed by atoms with E-state index in [9.17, 15) is 14.7 Å². The van der Waals surface area contributed by atoms with Crippen LogP contribution >= 0.6 is 0 Å². The van der Waals surface area contributed by atoms with Gasteiger partial charge in [0, 0.05) is 24.3 Å². The van der Waals surface area contributed by atoms with E-state index in [1.54, 1.807) is 6.92 Å². The van der Waals surface area contributed by atoms with Crippen LogP contribution in [-0.4, -0.2) is 54.5 Å². The van der Waals surface area contributed by atoms with E-state index in [-0.39, 0.29) is 23.7 Å². The van der Waals surface area contributed by atoms with E-state index in [4.69, 9.17) is 0 Å². The molecule has 0 heterocycles. The molecule has 0 bridgehead atoms. The van der Waals surface area contributed by atoms with Gasteiger partial charge in [-0.25, -0.2) is 0 Å². The highest BCUT2D eigenvalue weighted by atomic mass is 16.3. The van der Waals surface area contributed by atoms with Crippen molar-refractivity contribution in [1.82, 2.24) is 10.2 Å². The summed E-state index contributed by atoms with van der Waals surface area (Å²) in [6.07, 6.45) is -0.273. The molecule has 2 unspecified atom stereocenters. The number of amides is 1. The lowest BCUT2D eigenvalue weighted by atomic mass is 9.64. The lowest BCUT2D eigenvalue weighted by Gasteiger charge is -2.41. The van der Waals surface area contributed by atoms with Crippen molar-refractivity contribution in [3.05, 3.63) is 0 Å². The smallest absolute Gasteiger partial charge is 0.226 e. The Morgan fingerprint density at radius 2 is 1.57 bits per heavy atom. The van der Waals surface area contributed by atoms with Gasteiger partial charge >= 0.3 is 0 Å². The average molecular weight is 328 g/mol. The molecule has 1 amide bonds. The van der Waals surface area contributed by atoms with Crippen molar-refractivity contribution in [2.24, 2.45) is 16.7 Å². The van der Waals surface area contributed by atoms with Crippen LogP contribution in [0.5, 0.6) is 0 Å². The van der Waals surface area contributed by atoms with E-state index in [1.807, 2.05) is 60.5 Å². The molecular weight excluding hydrogens is 292 g/mol. The molecule has 0 saturated carbocycles. The molecule has 136 valence electrons. The van der Waals surface area contributed by atoms with Gasteiger partial charge in [-0.1, -0.05) is 41.5 Å². The fourth-order valence-electron chi connectivity index (χ4n) is 2.18. The molecule has 0 aliphatic carbocycles. The maximum absolute atomic E-state index is 12.7. The molecule has 0 aliphatic heterocycles. The number of likely N-dealkylation sites (N-methyl/N-ethyl adjacent to an activating group) is 1. The Morgan fingerprint density at radius 3 is 1.96 bits per heavy atom. The van der Waals surface area contributed by atoms with Crippen molar-refractivity contribution in [3.63, 3.8) is 0 Å². The van der Waals surface area contributed by atoms with Crippen LogP contribution < -0.4 is 5.32 Å². The van der Waals surface area contributed by atoms with E-state index in [2.05, 4.69) is 5.32 Å². The van der Waals surface area contributed by atoms with Crippen molar-refractivity contribution < 1.29 is 14.7 Å². The third kappa shape index (κ3) is 6.22. The maximum Gasteiger partial charge on any atom is 0.226 e. The number of hydrogen-bond acceptors (Lipinski definition) is 4. The molecule has 0 aromatic heterocycles. The molecule has 0 spiro atoms. The SMILES string of the molecule is CC(C)C(=O)CC(C)(C)C(C)(C)C(=O)NC(C)C(O)CN(C)C. The predicted octanol–water partition coefficient (Wildman–Crippen LogP) is 2.08. The number of aliphatic hydroxyl groups is 1. The van der Waals surface area contributed by atoms with Gasteiger partial charge in [0.25, 0.3) is 0 Å². The van der Waals surface area contributed by atoms with Crippen LogP contribution in [0.1, 0.15) is 54.9 Å². The zero-order valence-corrected chi connectivity index (χ0v) is 16.4. The van der Waals surface area contributed by atoms with Crippen molar-refractivity contribution in [2.75, 3.05) is 20.6 Å². The summed E-state index contributed by atoms with van der Waals surface area (Å²) in [5.74, 6) is -0.00472. The van der Waals surface area contributed by atoms with E-state index in [1.165, 1.54) is 0 Å². The number of Topliss-reactive ketones (excluding diaryl/α,β-unsaturated/α-hetero) is 1. The van der Waals surface area contributed by atoms with Crippen molar-refractivity contribution in [3.8, 4) is 0 Å². The zero-order chi connectivity index (χ0) is 18.6. The Kier molecular flexibility index (Phi) is 7.91. The van der Waals surface area contributed by atoms with Crippen LogP contribution in [0, 0.1) is 16.7 Å². The van der Waals surface area contributed by atoms with Crippen LogP contribution in [0.4, 0.5) is 0 Å². The molecule has 0 aromatic rings. The number of ketones is 1. The summed E-state index contributed by atoms with van der Waals surface area (Å²) in [5, 5.41) is 13.0. The lowest BCUT2D eigenvalue weighted by Crippen LogP contribution is -2.53. The molecular formula is C18H36N2O3. The highest BCUT2D eigenvalue weighted by Crippen LogP contribution is 2.42. The molecule has 5 nitrogen and oxygen atoms in total. The Balaban J connectivity index is 4.97. The van der Waals surface area contributed by atoms with Gasteiger partial charge in [-0.15, -0.1) is 0 Å². The van der Waals surface area contributed by atoms with Crippen LogP contribution in [0.25, 0.3) is 0 Å². The molecule has 0 radical (unpaired) electrons. The fraction of sp³-hybridized carbons (Fsp3) is 0.889. The van der Waals surface area contributed by atoms with Gasteiger partial charge in [0.15, 0.2) is 0 Å². The van der Waals surface area contributed by atoms with Crippen LogP contribution in [0.15, 0.2) is 0 Å². The summed E-state index contributed by atoms with van der Waals surface area (Å²) in [6.45, 7) is 13.7. The molecule has 0 fully saturated rings. The Morgan fingerprint density at radius 1 is 1.09 bits per heavy atom. The number of carbonyl (C=O) groups is 2. The molecule has 23 heavy (non-hydrogen) atoms. The summed E-state index contributed by atoms with van der Waals surface area (Å²) in [4.78, 5) is 26.7. The Labute approximate surface area is 141 Å².